The average Bonchev–Trinajstić information content (AvgIpc) is 2.30. The highest BCUT2D eigenvalue weighted by molar-refractivity contribution is 5.74. The normalized spacial score (nSPS) is 10.3. The number of rotatable bonds is 7. The summed E-state index contributed by atoms with van der Waals surface area (Å²) in [6.45, 7) is 4.90. The molecule has 0 spiro atoms. The highest BCUT2D eigenvalue weighted by Gasteiger charge is 2.02. The van der Waals surface area contributed by atoms with E-state index in [-0.39, 0.29) is 12.3 Å². The zero-order valence-corrected chi connectivity index (χ0v) is 10.3. The van der Waals surface area contributed by atoms with Crippen molar-refractivity contribution >= 4 is 5.91 Å². The minimum atomic E-state index is -0.165. The van der Waals surface area contributed by atoms with Crippen molar-refractivity contribution in [3.05, 3.63) is 30.3 Å². The van der Waals surface area contributed by atoms with Crippen molar-refractivity contribution in [3.8, 4) is 5.75 Å². The van der Waals surface area contributed by atoms with E-state index >= 15 is 0 Å². The molecular weight excluding hydrogens is 218 g/mol. The lowest BCUT2D eigenvalue weighted by Crippen LogP contribution is -2.26. The van der Waals surface area contributed by atoms with Gasteiger partial charge < -0.3 is 4.74 Å². The van der Waals surface area contributed by atoms with Gasteiger partial charge in [-0.1, -0.05) is 32.0 Å². The van der Waals surface area contributed by atoms with E-state index in [9.17, 15) is 4.79 Å². The lowest BCUT2D eigenvalue weighted by Gasteiger charge is -2.08. The molecule has 94 valence electrons. The SMILES string of the molecule is CC(C)CONC(=O)CCOc1ccccc1. The third-order valence-corrected chi connectivity index (χ3v) is 1.94. The first kappa shape index (κ1) is 13.5. The van der Waals surface area contributed by atoms with Gasteiger partial charge in [-0.25, -0.2) is 5.48 Å². The zero-order valence-electron chi connectivity index (χ0n) is 10.3. The van der Waals surface area contributed by atoms with Gasteiger partial charge in [0.2, 0.25) is 5.91 Å². The number of ether oxygens (including phenoxy) is 1. The van der Waals surface area contributed by atoms with Crippen molar-refractivity contribution in [2.75, 3.05) is 13.2 Å². The maximum absolute atomic E-state index is 11.3. The van der Waals surface area contributed by atoms with Gasteiger partial charge in [0, 0.05) is 0 Å². The van der Waals surface area contributed by atoms with Crippen LogP contribution in [0.5, 0.6) is 5.75 Å². The quantitative estimate of drug-likeness (QED) is 0.739. The molecular formula is C13H19NO3. The Morgan fingerprint density at radius 2 is 2.00 bits per heavy atom. The Balaban J connectivity index is 2.08. The van der Waals surface area contributed by atoms with E-state index in [1.807, 2.05) is 44.2 Å². The minimum Gasteiger partial charge on any atom is -0.493 e. The van der Waals surface area contributed by atoms with Gasteiger partial charge in [-0.15, -0.1) is 0 Å². The smallest absolute Gasteiger partial charge is 0.246 e. The van der Waals surface area contributed by atoms with Gasteiger partial charge in [-0.2, -0.15) is 0 Å². The van der Waals surface area contributed by atoms with E-state index in [1.54, 1.807) is 0 Å². The number of benzene rings is 1. The molecule has 4 nitrogen and oxygen atoms in total. The number of hydrogen-bond acceptors (Lipinski definition) is 3. The molecule has 0 aliphatic heterocycles. The molecule has 0 aliphatic rings. The fourth-order valence-electron chi connectivity index (χ4n) is 1.12. The van der Waals surface area contributed by atoms with Crippen molar-refractivity contribution in [2.24, 2.45) is 5.92 Å². The van der Waals surface area contributed by atoms with Gasteiger partial charge in [0.15, 0.2) is 0 Å². The van der Waals surface area contributed by atoms with Crippen molar-refractivity contribution in [2.45, 2.75) is 20.3 Å². The van der Waals surface area contributed by atoms with Crippen LogP contribution in [0.25, 0.3) is 0 Å². The van der Waals surface area contributed by atoms with Crippen LogP contribution in [0.4, 0.5) is 0 Å². The first-order valence-corrected chi connectivity index (χ1v) is 5.77. The van der Waals surface area contributed by atoms with E-state index in [4.69, 9.17) is 9.57 Å². The second-order valence-corrected chi connectivity index (χ2v) is 4.14. The van der Waals surface area contributed by atoms with E-state index in [0.29, 0.717) is 19.1 Å². The van der Waals surface area contributed by atoms with Crippen LogP contribution in [-0.2, 0) is 9.63 Å². The summed E-state index contributed by atoms with van der Waals surface area (Å²) < 4.78 is 5.39. The fraction of sp³-hybridized carbons (Fsp3) is 0.462. The molecule has 1 amide bonds. The van der Waals surface area contributed by atoms with Crippen LogP contribution in [0.3, 0.4) is 0 Å². The Morgan fingerprint density at radius 3 is 2.65 bits per heavy atom. The largest absolute Gasteiger partial charge is 0.493 e. The summed E-state index contributed by atoms with van der Waals surface area (Å²) in [5.74, 6) is 1.00. The number of hydrogen-bond donors (Lipinski definition) is 1. The molecule has 1 aromatic carbocycles. The van der Waals surface area contributed by atoms with Crippen LogP contribution in [0.1, 0.15) is 20.3 Å². The van der Waals surface area contributed by atoms with Crippen LogP contribution in [-0.4, -0.2) is 19.1 Å². The number of para-hydroxylation sites is 1. The van der Waals surface area contributed by atoms with Crippen molar-refractivity contribution in [3.63, 3.8) is 0 Å². The monoisotopic (exact) mass is 237 g/mol. The molecule has 0 aromatic heterocycles. The molecule has 0 aliphatic carbocycles. The Morgan fingerprint density at radius 1 is 1.29 bits per heavy atom. The summed E-state index contributed by atoms with van der Waals surface area (Å²) in [7, 11) is 0. The molecule has 0 saturated heterocycles. The molecule has 4 heteroatoms. The van der Waals surface area contributed by atoms with Crippen molar-refractivity contribution in [1.29, 1.82) is 0 Å². The van der Waals surface area contributed by atoms with Crippen LogP contribution < -0.4 is 10.2 Å². The number of nitrogens with one attached hydrogen (secondary N) is 1. The molecule has 0 radical (unpaired) electrons. The maximum Gasteiger partial charge on any atom is 0.246 e. The molecule has 1 N–H and O–H groups in total. The molecule has 0 bridgehead atoms. The van der Waals surface area contributed by atoms with E-state index < -0.39 is 0 Å². The Kier molecular flexibility index (Phi) is 6.10. The molecule has 0 unspecified atom stereocenters. The second kappa shape index (κ2) is 7.68. The van der Waals surface area contributed by atoms with E-state index in [0.717, 1.165) is 5.75 Å². The third-order valence-electron chi connectivity index (χ3n) is 1.94. The molecule has 0 heterocycles. The summed E-state index contributed by atoms with van der Waals surface area (Å²) in [4.78, 5) is 16.3. The number of carbonyl (C=O) groups excluding carboxylic acids is 1. The minimum absolute atomic E-state index is 0.165. The molecule has 0 fully saturated rings. The highest BCUT2D eigenvalue weighted by atomic mass is 16.7. The molecule has 1 aromatic rings. The summed E-state index contributed by atoms with van der Waals surface area (Å²) >= 11 is 0. The van der Waals surface area contributed by atoms with Crippen LogP contribution in [0.2, 0.25) is 0 Å². The predicted molar refractivity (Wildman–Crippen MR) is 65.5 cm³/mol. The summed E-state index contributed by atoms with van der Waals surface area (Å²) in [6, 6.07) is 9.40. The summed E-state index contributed by atoms with van der Waals surface area (Å²) in [6.07, 6.45) is 0.285. The lowest BCUT2D eigenvalue weighted by atomic mass is 10.2. The van der Waals surface area contributed by atoms with Gasteiger partial charge >= 0.3 is 0 Å². The van der Waals surface area contributed by atoms with Gasteiger partial charge in [-0.05, 0) is 18.1 Å². The van der Waals surface area contributed by atoms with Gasteiger partial charge in [0.1, 0.15) is 5.75 Å². The molecule has 0 atom stereocenters. The zero-order chi connectivity index (χ0) is 12.5. The van der Waals surface area contributed by atoms with Crippen molar-refractivity contribution < 1.29 is 14.4 Å². The maximum atomic E-state index is 11.3. The predicted octanol–water partition coefficient (Wildman–Crippen LogP) is 2.16. The van der Waals surface area contributed by atoms with Gasteiger partial charge in [0.05, 0.1) is 19.6 Å². The first-order valence-electron chi connectivity index (χ1n) is 5.77. The van der Waals surface area contributed by atoms with Crippen LogP contribution in [0, 0.1) is 5.92 Å². The molecule has 1 rings (SSSR count). The van der Waals surface area contributed by atoms with Gasteiger partial charge in [-0.3, -0.25) is 9.63 Å². The van der Waals surface area contributed by atoms with Crippen molar-refractivity contribution in [1.82, 2.24) is 5.48 Å². The lowest BCUT2D eigenvalue weighted by molar-refractivity contribution is -0.134. The van der Waals surface area contributed by atoms with Gasteiger partial charge in [0.25, 0.3) is 0 Å². The summed E-state index contributed by atoms with van der Waals surface area (Å²) in [5, 5.41) is 0. The highest BCUT2D eigenvalue weighted by Crippen LogP contribution is 2.08. The molecule has 0 saturated carbocycles. The second-order valence-electron chi connectivity index (χ2n) is 4.14. The topological polar surface area (TPSA) is 47.6 Å². The Labute approximate surface area is 102 Å². The van der Waals surface area contributed by atoms with Crippen LogP contribution >= 0.6 is 0 Å². The van der Waals surface area contributed by atoms with E-state index in [1.165, 1.54) is 0 Å². The average molecular weight is 237 g/mol. The third kappa shape index (κ3) is 6.58. The fourth-order valence-corrected chi connectivity index (χ4v) is 1.12. The standard InChI is InChI=1S/C13H19NO3/c1-11(2)10-17-14-13(15)8-9-16-12-6-4-3-5-7-12/h3-7,11H,8-10H2,1-2H3,(H,14,15). The Hall–Kier alpha value is -1.55. The number of amides is 1. The Bertz CT molecular complexity index is 325. The van der Waals surface area contributed by atoms with E-state index in [2.05, 4.69) is 5.48 Å². The summed E-state index contributed by atoms with van der Waals surface area (Å²) in [5.41, 5.74) is 2.38. The number of carbonyl (C=O) groups is 1. The molecule has 17 heavy (non-hydrogen) atoms. The number of hydroxylamine groups is 1. The van der Waals surface area contributed by atoms with Crippen LogP contribution in [0.15, 0.2) is 30.3 Å². The first-order chi connectivity index (χ1) is 8.18.